The van der Waals surface area contributed by atoms with E-state index in [1.54, 1.807) is 0 Å². The van der Waals surface area contributed by atoms with Gasteiger partial charge < -0.3 is 15.2 Å². The molecule has 1 aliphatic rings. The highest BCUT2D eigenvalue weighted by molar-refractivity contribution is 6.37. The maximum absolute atomic E-state index is 12.3. The van der Waals surface area contributed by atoms with Crippen molar-refractivity contribution in [1.82, 2.24) is 10.2 Å². The molecule has 0 aromatic heterocycles. The molecule has 3 amide bonds. The minimum absolute atomic E-state index is 0.0761. The van der Waals surface area contributed by atoms with Crippen molar-refractivity contribution in [3.8, 4) is 5.75 Å². The molecular weight excluding hydrogens is 455 g/mol. The Morgan fingerprint density at radius 3 is 2.47 bits per heavy atom. The number of ether oxygens (including phenoxy) is 1. The molecule has 3 aromatic rings. The summed E-state index contributed by atoms with van der Waals surface area (Å²) in [4.78, 5) is 35.5. The number of nitrogens with zero attached hydrogens (tertiary/aromatic N) is 1. The summed E-state index contributed by atoms with van der Waals surface area (Å²) in [6.07, 6.45) is 1.37. The Balaban J connectivity index is 1.55. The fourth-order valence-corrected chi connectivity index (χ4v) is 4.00. The SMILES string of the molecule is O=C(O)CN1C(=O)N/C(=C/c2cc(Cl)c(OCc3cccc4ccccc34)c(Cl)c2)C1=O. The second-order valence-electron chi connectivity index (χ2n) is 7.01. The van der Waals surface area contributed by atoms with Gasteiger partial charge in [-0.05, 0) is 40.1 Å². The van der Waals surface area contributed by atoms with Gasteiger partial charge in [0.1, 0.15) is 18.8 Å². The van der Waals surface area contributed by atoms with Gasteiger partial charge in [-0.15, -0.1) is 0 Å². The zero-order chi connectivity index (χ0) is 22.8. The summed E-state index contributed by atoms with van der Waals surface area (Å²) in [6.45, 7) is -0.482. The second kappa shape index (κ2) is 8.90. The number of imide groups is 1. The fraction of sp³-hybridized carbons (Fsp3) is 0.0870. The molecule has 0 bridgehead atoms. The first-order valence-corrected chi connectivity index (χ1v) is 10.2. The molecule has 0 spiro atoms. The van der Waals surface area contributed by atoms with Gasteiger partial charge in [-0.3, -0.25) is 9.59 Å². The van der Waals surface area contributed by atoms with Crippen LogP contribution in [0.3, 0.4) is 0 Å². The zero-order valence-electron chi connectivity index (χ0n) is 16.5. The summed E-state index contributed by atoms with van der Waals surface area (Å²) in [6, 6.07) is 16.1. The Morgan fingerprint density at radius 1 is 1.06 bits per heavy atom. The van der Waals surface area contributed by atoms with E-state index in [9.17, 15) is 14.4 Å². The van der Waals surface area contributed by atoms with Gasteiger partial charge in [-0.25, -0.2) is 9.69 Å². The summed E-state index contributed by atoms with van der Waals surface area (Å²) < 4.78 is 5.89. The number of nitrogens with one attached hydrogen (secondary N) is 1. The number of hydrogen-bond donors (Lipinski definition) is 2. The van der Waals surface area contributed by atoms with E-state index in [0.29, 0.717) is 10.5 Å². The van der Waals surface area contributed by atoms with Crippen molar-refractivity contribution in [2.45, 2.75) is 6.61 Å². The average Bonchev–Trinajstić information content (AvgIpc) is 3.00. The van der Waals surface area contributed by atoms with E-state index in [2.05, 4.69) is 5.32 Å². The average molecular weight is 471 g/mol. The van der Waals surface area contributed by atoms with E-state index in [4.69, 9.17) is 33.0 Å². The minimum atomic E-state index is -1.30. The van der Waals surface area contributed by atoms with Gasteiger partial charge in [0.25, 0.3) is 5.91 Å². The van der Waals surface area contributed by atoms with Gasteiger partial charge in [0, 0.05) is 0 Å². The van der Waals surface area contributed by atoms with Crippen LogP contribution in [0, 0.1) is 0 Å². The van der Waals surface area contributed by atoms with Gasteiger partial charge in [-0.1, -0.05) is 65.7 Å². The third-order valence-corrected chi connectivity index (χ3v) is 5.40. The van der Waals surface area contributed by atoms with Crippen LogP contribution in [0.25, 0.3) is 16.8 Å². The van der Waals surface area contributed by atoms with Crippen LogP contribution in [0.2, 0.25) is 10.0 Å². The standard InChI is InChI=1S/C23H16Cl2N2O5/c24-17-8-13(10-19-22(30)27(11-20(28)29)23(31)26-19)9-18(25)21(17)32-12-15-6-3-5-14-4-1-2-7-16(14)15/h1-10H,11-12H2,(H,26,31)(H,28,29)/b19-10+. The summed E-state index contributed by atoms with van der Waals surface area (Å²) in [5, 5.41) is 13.8. The number of aliphatic carboxylic acids is 1. The summed E-state index contributed by atoms with van der Waals surface area (Å²) in [5.41, 5.74) is 1.34. The highest BCUT2D eigenvalue weighted by Crippen LogP contribution is 2.36. The molecule has 9 heteroatoms. The van der Waals surface area contributed by atoms with Crippen LogP contribution in [-0.4, -0.2) is 34.5 Å². The maximum atomic E-state index is 12.3. The fourth-order valence-electron chi connectivity index (χ4n) is 3.39. The lowest BCUT2D eigenvalue weighted by Gasteiger charge is -2.13. The van der Waals surface area contributed by atoms with Crippen molar-refractivity contribution in [3.63, 3.8) is 0 Å². The Kier molecular flexibility index (Phi) is 6.03. The lowest BCUT2D eigenvalue weighted by Crippen LogP contribution is -2.35. The van der Waals surface area contributed by atoms with Crippen molar-refractivity contribution in [2.24, 2.45) is 0 Å². The molecule has 1 saturated heterocycles. The number of carbonyl (C=O) groups excluding carboxylic acids is 2. The smallest absolute Gasteiger partial charge is 0.329 e. The van der Waals surface area contributed by atoms with Crippen molar-refractivity contribution < 1.29 is 24.2 Å². The number of benzene rings is 3. The molecular formula is C23H16Cl2N2O5. The molecule has 7 nitrogen and oxygen atoms in total. The normalized spacial score (nSPS) is 14.8. The molecule has 3 aromatic carbocycles. The molecule has 1 fully saturated rings. The molecule has 1 aliphatic heterocycles. The summed E-state index contributed by atoms with van der Waals surface area (Å²) in [5.74, 6) is -1.76. The van der Waals surface area contributed by atoms with Crippen LogP contribution >= 0.6 is 23.2 Å². The Labute approximate surface area is 192 Å². The van der Waals surface area contributed by atoms with Crippen molar-refractivity contribution in [1.29, 1.82) is 0 Å². The molecule has 4 rings (SSSR count). The summed E-state index contributed by atoms with van der Waals surface area (Å²) in [7, 11) is 0. The van der Waals surface area contributed by atoms with E-state index in [-0.39, 0.29) is 28.1 Å². The third-order valence-electron chi connectivity index (χ3n) is 4.84. The molecule has 1 heterocycles. The number of carbonyl (C=O) groups is 3. The molecule has 0 atom stereocenters. The zero-order valence-corrected chi connectivity index (χ0v) is 18.0. The van der Waals surface area contributed by atoms with Gasteiger partial charge in [0.15, 0.2) is 5.75 Å². The van der Waals surface area contributed by atoms with Crippen LogP contribution < -0.4 is 10.1 Å². The van der Waals surface area contributed by atoms with Crippen molar-refractivity contribution in [3.05, 3.63) is 81.5 Å². The maximum Gasteiger partial charge on any atom is 0.329 e. The van der Waals surface area contributed by atoms with Gasteiger partial charge in [0.2, 0.25) is 0 Å². The van der Waals surface area contributed by atoms with E-state index < -0.39 is 24.5 Å². The van der Waals surface area contributed by atoms with Crippen molar-refractivity contribution in [2.75, 3.05) is 6.54 Å². The Hall–Kier alpha value is -3.55. The molecule has 2 N–H and O–H groups in total. The van der Waals surface area contributed by atoms with E-state index in [1.807, 2.05) is 42.5 Å². The largest absolute Gasteiger partial charge is 0.486 e. The molecule has 0 saturated carbocycles. The molecule has 0 radical (unpaired) electrons. The number of hydrogen-bond acceptors (Lipinski definition) is 4. The number of carboxylic acids is 1. The third kappa shape index (κ3) is 4.39. The number of amides is 3. The number of urea groups is 1. The number of halogens is 2. The first-order chi connectivity index (χ1) is 15.3. The van der Waals surface area contributed by atoms with Crippen LogP contribution in [-0.2, 0) is 16.2 Å². The molecule has 0 unspecified atom stereocenters. The number of rotatable bonds is 6. The first-order valence-electron chi connectivity index (χ1n) is 9.48. The monoisotopic (exact) mass is 470 g/mol. The topological polar surface area (TPSA) is 95.9 Å². The highest BCUT2D eigenvalue weighted by atomic mass is 35.5. The Bertz CT molecular complexity index is 1260. The lowest BCUT2D eigenvalue weighted by molar-refractivity contribution is -0.140. The van der Waals surface area contributed by atoms with Crippen LogP contribution in [0.4, 0.5) is 4.79 Å². The highest BCUT2D eigenvalue weighted by Gasteiger charge is 2.34. The van der Waals surface area contributed by atoms with Gasteiger partial charge >= 0.3 is 12.0 Å². The van der Waals surface area contributed by atoms with Gasteiger partial charge in [0.05, 0.1) is 10.0 Å². The van der Waals surface area contributed by atoms with E-state index in [1.165, 1.54) is 18.2 Å². The molecule has 162 valence electrons. The van der Waals surface area contributed by atoms with Crippen LogP contribution in [0.5, 0.6) is 5.75 Å². The van der Waals surface area contributed by atoms with Crippen molar-refractivity contribution >= 4 is 58.0 Å². The number of carboxylic acid groups (broad SMARTS) is 1. The lowest BCUT2D eigenvalue weighted by atomic mass is 10.1. The van der Waals surface area contributed by atoms with E-state index >= 15 is 0 Å². The predicted molar refractivity (Wildman–Crippen MR) is 121 cm³/mol. The summed E-state index contributed by atoms with van der Waals surface area (Å²) >= 11 is 12.7. The van der Waals surface area contributed by atoms with E-state index in [0.717, 1.165) is 16.3 Å². The minimum Gasteiger partial charge on any atom is -0.486 e. The quantitative estimate of drug-likeness (QED) is 0.401. The molecule has 32 heavy (non-hydrogen) atoms. The number of fused-ring (bicyclic) bond motifs is 1. The Morgan fingerprint density at radius 2 is 1.75 bits per heavy atom. The van der Waals surface area contributed by atoms with Gasteiger partial charge in [-0.2, -0.15) is 0 Å². The van der Waals surface area contributed by atoms with Crippen LogP contribution in [0.1, 0.15) is 11.1 Å². The first kappa shape index (κ1) is 21.7. The molecule has 0 aliphatic carbocycles. The van der Waals surface area contributed by atoms with Crippen LogP contribution in [0.15, 0.2) is 60.3 Å². The predicted octanol–water partition coefficient (Wildman–Crippen LogP) is 4.70. The second-order valence-corrected chi connectivity index (χ2v) is 7.83.